The molecule has 0 bridgehead atoms. The molecule has 2 aliphatic carbocycles. The van der Waals surface area contributed by atoms with Crippen molar-refractivity contribution < 1.29 is 14.6 Å². The Bertz CT molecular complexity index is 704. The van der Waals surface area contributed by atoms with Crippen LogP contribution in [-0.4, -0.2) is 34.8 Å². The van der Waals surface area contributed by atoms with Gasteiger partial charge in [0, 0.05) is 37.0 Å². The van der Waals surface area contributed by atoms with Gasteiger partial charge in [0.25, 0.3) is 0 Å². The molecule has 0 unspecified atom stereocenters. The minimum absolute atomic E-state index is 0.138. The van der Waals surface area contributed by atoms with E-state index in [0.29, 0.717) is 19.0 Å². The predicted octanol–water partition coefficient (Wildman–Crippen LogP) is 2.46. The highest BCUT2D eigenvalue weighted by molar-refractivity contribution is 5.76. The van der Waals surface area contributed by atoms with Crippen LogP contribution in [0.1, 0.15) is 38.8 Å². The summed E-state index contributed by atoms with van der Waals surface area (Å²) in [4.78, 5) is 16.8. The summed E-state index contributed by atoms with van der Waals surface area (Å²) >= 11 is 0. The highest BCUT2D eigenvalue weighted by Gasteiger charge is 2.59. The average Bonchev–Trinajstić information content (AvgIpc) is 2.94. The van der Waals surface area contributed by atoms with Crippen molar-refractivity contribution in [3.8, 4) is 0 Å². The van der Waals surface area contributed by atoms with Crippen LogP contribution in [-0.2, 0) is 16.1 Å². The van der Waals surface area contributed by atoms with Crippen molar-refractivity contribution in [2.75, 3.05) is 6.54 Å². The molecular weight excluding hydrogens is 328 g/mol. The van der Waals surface area contributed by atoms with Gasteiger partial charge in [-0.25, -0.2) is 0 Å². The standard InChI is InChI=1S/C21H28N2O3/c1-13-6-5-7-14-10-17-18(19(24)21(13,14)2)16(20(25)26-17)12-22-11-15-8-3-4-9-23-15/h3-4,7-9,13,16-19,22,24H,5-6,10-12H2,1-2H3/t13-,16+,17-,18-,19-,21-/m1/s1. The molecule has 6 atom stereocenters. The highest BCUT2D eigenvalue weighted by Crippen LogP contribution is 2.55. The summed E-state index contributed by atoms with van der Waals surface area (Å²) < 4.78 is 5.68. The smallest absolute Gasteiger partial charge is 0.311 e. The fourth-order valence-electron chi connectivity index (χ4n) is 5.16. The maximum atomic E-state index is 12.5. The Hall–Kier alpha value is -1.72. The Kier molecular flexibility index (Phi) is 4.61. The summed E-state index contributed by atoms with van der Waals surface area (Å²) in [5, 5.41) is 14.6. The number of nitrogens with one attached hydrogen (secondary N) is 1. The zero-order valence-electron chi connectivity index (χ0n) is 15.5. The normalized spacial score (nSPS) is 39.0. The van der Waals surface area contributed by atoms with E-state index in [1.807, 2.05) is 18.2 Å². The lowest BCUT2D eigenvalue weighted by molar-refractivity contribution is -0.144. The van der Waals surface area contributed by atoms with E-state index < -0.39 is 6.10 Å². The molecule has 0 amide bonds. The molecule has 1 aliphatic heterocycles. The number of pyridine rings is 1. The molecule has 2 fully saturated rings. The second-order valence-electron chi connectivity index (χ2n) is 8.25. The first-order chi connectivity index (χ1) is 12.5. The van der Waals surface area contributed by atoms with Crippen LogP contribution in [0.3, 0.4) is 0 Å². The van der Waals surface area contributed by atoms with E-state index in [9.17, 15) is 9.90 Å². The number of rotatable bonds is 4. The Morgan fingerprint density at radius 2 is 2.27 bits per heavy atom. The van der Waals surface area contributed by atoms with Crippen molar-refractivity contribution in [2.24, 2.45) is 23.2 Å². The predicted molar refractivity (Wildman–Crippen MR) is 98.0 cm³/mol. The first-order valence-electron chi connectivity index (χ1n) is 9.70. The Morgan fingerprint density at radius 3 is 3.04 bits per heavy atom. The third-order valence-electron chi connectivity index (χ3n) is 6.97. The zero-order chi connectivity index (χ0) is 18.3. The van der Waals surface area contributed by atoms with Crippen molar-refractivity contribution in [1.29, 1.82) is 0 Å². The quantitative estimate of drug-likeness (QED) is 0.640. The number of fused-ring (bicyclic) bond motifs is 2. The molecule has 5 heteroatoms. The van der Waals surface area contributed by atoms with Crippen LogP contribution in [0.4, 0.5) is 0 Å². The van der Waals surface area contributed by atoms with Gasteiger partial charge in [-0.15, -0.1) is 0 Å². The number of allylic oxidation sites excluding steroid dienone is 1. The van der Waals surface area contributed by atoms with Gasteiger partial charge in [-0.05, 0) is 30.9 Å². The number of carbonyl (C=O) groups excluding carboxylic acids is 1. The Balaban J connectivity index is 1.50. The van der Waals surface area contributed by atoms with E-state index in [1.165, 1.54) is 5.57 Å². The van der Waals surface area contributed by atoms with E-state index in [4.69, 9.17) is 4.74 Å². The van der Waals surface area contributed by atoms with Gasteiger partial charge < -0.3 is 15.2 Å². The summed E-state index contributed by atoms with van der Waals surface area (Å²) in [6.07, 6.45) is 6.21. The summed E-state index contributed by atoms with van der Waals surface area (Å²) in [7, 11) is 0. The molecule has 5 nitrogen and oxygen atoms in total. The van der Waals surface area contributed by atoms with Gasteiger partial charge in [0.1, 0.15) is 6.10 Å². The van der Waals surface area contributed by atoms with Gasteiger partial charge in [-0.2, -0.15) is 0 Å². The second-order valence-corrected chi connectivity index (χ2v) is 8.25. The van der Waals surface area contributed by atoms with Crippen molar-refractivity contribution >= 4 is 5.97 Å². The van der Waals surface area contributed by atoms with Crippen LogP contribution in [0.15, 0.2) is 36.0 Å². The number of ether oxygens (including phenoxy) is 1. The fraction of sp³-hybridized carbons (Fsp3) is 0.619. The van der Waals surface area contributed by atoms with E-state index in [2.05, 4.69) is 30.2 Å². The lowest BCUT2D eigenvalue weighted by Gasteiger charge is -2.51. The van der Waals surface area contributed by atoms with Crippen LogP contribution in [0.5, 0.6) is 0 Å². The number of aliphatic hydroxyl groups is 1. The van der Waals surface area contributed by atoms with Gasteiger partial charge >= 0.3 is 5.97 Å². The molecule has 0 spiro atoms. The van der Waals surface area contributed by atoms with Crippen molar-refractivity contribution in [2.45, 2.75) is 51.9 Å². The van der Waals surface area contributed by atoms with Crippen molar-refractivity contribution in [3.63, 3.8) is 0 Å². The molecule has 1 saturated carbocycles. The summed E-state index contributed by atoms with van der Waals surface area (Å²) in [6, 6.07) is 5.80. The van der Waals surface area contributed by atoms with Gasteiger partial charge in [-0.1, -0.05) is 31.6 Å². The largest absolute Gasteiger partial charge is 0.461 e. The molecule has 4 rings (SSSR count). The van der Waals surface area contributed by atoms with Gasteiger partial charge in [-0.3, -0.25) is 9.78 Å². The number of nitrogens with zero attached hydrogens (tertiary/aromatic N) is 1. The lowest BCUT2D eigenvalue weighted by atomic mass is 9.55. The molecule has 3 aliphatic rings. The van der Waals surface area contributed by atoms with Crippen LogP contribution < -0.4 is 5.32 Å². The minimum atomic E-state index is -0.545. The molecule has 0 radical (unpaired) electrons. The topological polar surface area (TPSA) is 71.5 Å². The van der Waals surface area contributed by atoms with E-state index >= 15 is 0 Å². The van der Waals surface area contributed by atoms with Crippen LogP contribution in [0, 0.1) is 23.2 Å². The molecule has 0 aromatic carbocycles. The molecular formula is C21H28N2O3. The number of aromatic nitrogens is 1. The molecule has 1 aromatic heterocycles. The maximum Gasteiger partial charge on any atom is 0.311 e. The molecule has 2 N–H and O–H groups in total. The first kappa shape index (κ1) is 17.7. The number of esters is 1. The van der Waals surface area contributed by atoms with E-state index in [1.54, 1.807) is 6.20 Å². The van der Waals surface area contributed by atoms with Crippen LogP contribution >= 0.6 is 0 Å². The number of hydrogen-bond acceptors (Lipinski definition) is 5. The van der Waals surface area contributed by atoms with Crippen molar-refractivity contribution in [1.82, 2.24) is 10.3 Å². The van der Waals surface area contributed by atoms with Crippen LogP contribution in [0.2, 0.25) is 0 Å². The number of carbonyl (C=O) groups is 1. The van der Waals surface area contributed by atoms with Gasteiger partial charge in [0.2, 0.25) is 0 Å². The molecule has 2 heterocycles. The lowest BCUT2D eigenvalue weighted by Crippen LogP contribution is -2.54. The van der Waals surface area contributed by atoms with Gasteiger partial charge in [0.05, 0.1) is 17.7 Å². The average molecular weight is 356 g/mol. The molecule has 1 saturated heterocycles. The zero-order valence-corrected chi connectivity index (χ0v) is 15.5. The Labute approximate surface area is 154 Å². The summed E-state index contributed by atoms with van der Waals surface area (Å²) in [5.41, 5.74) is 1.98. The Morgan fingerprint density at radius 1 is 1.42 bits per heavy atom. The minimum Gasteiger partial charge on any atom is -0.461 e. The van der Waals surface area contributed by atoms with Crippen LogP contribution in [0.25, 0.3) is 0 Å². The fourth-order valence-corrected chi connectivity index (χ4v) is 5.16. The third-order valence-corrected chi connectivity index (χ3v) is 6.97. The maximum absolute atomic E-state index is 12.5. The summed E-state index contributed by atoms with van der Waals surface area (Å²) in [5.74, 6) is -0.202. The van der Waals surface area contributed by atoms with Crippen molar-refractivity contribution in [3.05, 3.63) is 41.7 Å². The van der Waals surface area contributed by atoms with E-state index in [0.717, 1.165) is 25.0 Å². The van der Waals surface area contributed by atoms with E-state index in [-0.39, 0.29) is 29.3 Å². The number of hydrogen-bond donors (Lipinski definition) is 2. The monoisotopic (exact) mass is 356 g/mol. The highest BCUT2D eigenvalue weighted by atomic mass is 16.6. The molecule has 1 aromatic rings. The van der Waals surface area contributed by atoms with Gasteiger partial charge in [0.15, 0.2) is 0 Å². The first-order valence-corrected chi connectivity index (χ1v) is 9.70. The SMILES string of the molecule is C[C@@H]1CCC=C2C[C@H]3OC(=O)[C@@H](CNCc4ccccn4)[C@H]3[C@@H](O)[C@@]21C. The molecule has 26 heavy (non-hydrogen) atoms. The third kappa shape index (κ3) is 2.78. The summed E-state index contributed by atoms with van der Waals surface area (Å²) in [6.45, 7) is 5.52. The molecule has 140 valence electrons. The second kappa shape index (κ2) is 6.78. The number of aliphatic hydroxyl groups excluding tert-OH is 1.